The molecule has 1 N–H and O–H groups in total. The van der Waals surface area contributed by atoms with Crippen LogP contribution in [-0.2, 0) is 11.3 Å². The normalized spacial score (nSPS) is 15.5. The Bertz CT molecular complexity index is 1180. The van der Waals surface area contributed by atoms with Crippen LogP contribution in [0.4, 0.5) is 10.5 Å². The van der Waals surface area contributed by atoms with Crippen LogP contribution in [0.3, 0.4) is 0 Å². The maximum atomic E-state index is 13.3. The van der Waals surface area contributed by atoms with Gasteiger partial charge in [0.15, 0.2) is 5.82 Å². The summed E-state index contributed by atoms with van der Waals surface area (Å²) in [4.78, 5) is 27.3. The molecule has 0 spiro atoms. The quantitative estimate of drug-likeness (QED) is 0.547. The molecule has 172 valence electrons. The van der Waals surface area contributed by atoms with E-state index in [1.807, 2.05) is 48.7 Å². The number of aromatic nitrogens is 3. The number of ether oxygens (including phenoxy) is 1. The number of halogens is 1. The number of urea groups is 1. The summed E-state index contributed by atoms with van der Waals surface area (Å²) in [5.74, 6) is 1.03. The summed E-state index contributed by atoms with van der Waals surface area (Å²) in [6, 6.07) is 12.4. The van der Waals surface area contributed by atoms with Crippen molar-refractivity contribution in [3.63, 3.8) is 0 Å². The average Bonchev–Trinajstić information content (AvgIpc) is 3.43. The Labute approximate surface area is 197 Å². The first-order valence-electron chi connectivity index (χ1n) is 10.8. The highest BCUT2D eigenvalue weighted by Crippen LogP contribution is 2.33. The second-order valence-corrected chi connectivity index (χ2v) is 8.53. The molecule has 33 heavy (non-hydrogen) atoms. The summed E-state index contributed by atoms with van der Waals surface area (Å²) in [7, 11) is 1.32. The fraction of sp³-hybridized carbons (Fsp3) is 0.333. The topological polar surface area (TPSA) is 89.3 Å². The summed E-state index contributed by atoms with van der Waals surface area (Å²) >= 11 is 6.02. The highest BCUT2D eigenvalue weighted by molar-refractivity contribution is 6.30. The van der Waals surface area contributed by atoms with Crippen LogP contribution in [0.2, 0.25) is 5.02 Å². The summed E-state index contributed by atoms with van der Waals surface area (Å²) in [6.45, 7) is 4.92. The molecule has 0 bridgehead atoms. The third-order valence-corrected chi connectivity index (χ3v) is 6.19. The fourth-order valence-corrected chi connectivity index (χ4v) is 4.31. The number of methoxy groups -OCH3 is 1. The van der Waals surface area contributed by atoms with E-state index in [1.165, 1.54) is 7.11 Å². The van der Waals surface area contributed by atoms with E-state index < -0.39 is 5.97 Å². The number of amides is 2. The number of nitrogens with zero attached hydrogens (tertiary/aromatic N) is 4. The van der Waals surface area contributed by atoms with Gasteiger partial charge in [-0.05, 0) is 56.0 Å². The van der Waals surface area contributed by atoms with Crippen molar-refractivity contribution >= 4 is 29.3 Å². The van der Waals surface area contributed by atoms with Gasteiger partial charge in [-0.1, -0.05) is 35.9 Å². The maximum Gasteiger partial charge on any atom is 0.339 e. The number of hydrogen-bond donors (Lipinski definition) is 1. The first kappa shape index (κ1) is 22.8. The Kier molecular flexibility index (Phi) is 6.65. The largest absolute Gasteiger partial charge is 0.465 e. The van der Waals surface area contributed by atoms with Crippen molar-refractivity contribution in [1.29, 1.82) is 0 Å². The Hall–Kier alpha value is -3.39. The molecule has 9 heteroatoms. The molecule has 1 aliphatic heterocycles. The van der Waals surface area contributed by atoms with Crippen molar-refractivity contribution in [3.05, 3.63) is 75.8 Å². The maximum absolute atomic E-state index is 13.3. The predicted octanol–water partition coefficient (Wildman–Crippen LogP) is 4.75. The lowest BCUT2D eigenvalue weighted by molar-refractivity contribution is 0.0602. The molecule has 2 aromatic carbocycles. The van der Waals surface area contributed by atoms with Gasteiger partial charge in [-0.3, -0.25) is 0 Å². The molecule has 0 radical (unpaired) electrons. The lowest BCUT2D eigenvalue weighted by Gasteiger charge is -2.26. The van der Waals surface area contributed by atoms with Crippen molar-refractivity contribution in [2.75, 3.05) is 19.0 Å². The van der Waals surface area contributed by atoms with Crippen molar-refractivity contribution in [3.8, 4) is 0 Å². The molecule has 0 saturated carbocycles. The monoisotopic (exact) mass is 467 g/mol. The van der Waals surface area contributed by atoms with E-state index in [9.17, 15) is 9.59 Å². The highest BCUT2D eigenvalue weighted by atomic mass is 35.5. The van der Waals surface area contributed by atoms with Gasteiger partial charge < -0.3 is 19.5 Å². The van der Waals surface area contributed by atoms with Crippen molar-refractivity contribution < 1.29 is 14.3 Å². The second kappa shape index (κ2) is 9.62. The van der Waals surface area contributed by atoms with E-state index in [0.29, 0.717) is 29.4 Å². The molecule has 1 aromatic heterocycles. The lowest BCUT2D eigenvalue weighted by Crippen LogP contribution is -2.36. The van der Waals surface area contributed by atoms with Crippen molar-refractivity contribution in [2.24, 2.45) is 0 Å². The van der Waals surface area contributed by atoms with Gasteiger partial charge in [0.1, 0.15) is 5.82 Å². The number of carbonyl (C=O) groups is 2. The number of hydrogen-bond acceptors (Lipinski definition) is 5. The number of nitrogens with one attached hydrogen (secondary N) is 1. The van der Waals surface area contributed by atoms with Crippen LogP contribution in [-0.4, -0.2) is 45.3 Å². The molecule has 0 unspecified atom stereocenters. The molecular formula is C24H26ClN5O3. The standard InChI is InChI=1S/C24H26ClN5O3/c1-15-6-4-7-19(23(31)33-3)21(15)26-24(32)29-13-5-8-20(29)22-28-27-16(2)30(22)14-17-9-11-18(25)12-10-17/h4,6-7,9-12,20H,5,8,13-14H2,1-3H3,(H,26,32)/t20-/m1/s1. The molecule has 1 fully saturated rings. The summed E-state index contributed by atoms with van der Waals surface area (Å²) in [5.41, 5.74) is 2.63. The third kappa shape index (κ3) is 4.71. The molecule has 3 aromatic rings. The minimum Gasteiger partial charge on any atom is -0.465 e. The van der Waals surface area contributed by atoms with Crippen LogP contribution in [0, 0.1) is 13.8 Å². The highest BCUT2D eigenvalue weighted by Gasteiger charge is 2.34. The lowest BCUT2D eigenvalue weighted by atomic mass is 10.1. The van der Waals surface area contributed by atoms with Crippen molar-refractivity contribution in [2.45, 2.75) is 39.3 Å². The Balaban J connectivity index is 1.59. The van der Waals surface area contributed by atoms with E-state index in [-0.39, 0.29) is 12.1 Å². The molecule has 8 nitrogen and oxygen atoms in total. The zero-order valence-corrected chi connectivity index (χ0v) is 19.6. The van der Waals surface area contributed by atoms with Crippen LogP contribution in [0.15, 0.2) is 42.5 Å². The van der Waals surface area contributed by atoms with E-state index in [2.05, 4.69) is 15.5 Å². The smallest absolute Gasteiger partial charge is 0.339 e. The number of benzene rings is 2. The number of rotatable bonds is 5. The Morgan fingerprint density at radius 3 is 2.64 bits per heavy atom. The molecule has 1 saturated heterocycles. The summed E-state index contributed by atoms with van der Waals surface area (Å²) in [6.07, 6.45) is 1.63. The number of carbonyl (C=O) groups excluding carboxylic acids is 2. The van der Waals surface area contributed by atoms with E-state index in [0.717, 1.165) is 35.6 Å². The molecular weight excluding hydrogens is 442 g/mol. The first-order valence-corrected chi connectivity index (χ1v) is 11.2. The van der Waals surface area contributed by atoms with Gasteiger partial charge in [-0.15, -0.1) is 10.2 Å². The zero-order valence-electron chi connectivity index (χ0n) is 18.8. The Morgan fingerprint density at radius 1 is 1.15 bits per heavy atom. The fourth-order valence-electron chi connectivity index (χ4n) is 4.18. The number of aryl methyl sites for hydroxylation is 2. The van der Waals surface area contributed by atoms with Crippen LogP contribution in [0.1, 0.15) is 52.0 Å². The summed E-state index contributed by atoms with van der Waals surface area (Å²) in [5, 5.41) is 12.3. The number of para-hydroxylation sites is 1. The minimum atomic E-state index is -0.495. The van der Waals surface area contributed by atoms with Gasteiger partial charge in [0.25, 0.3) is 0 Å². The molecule has 2 amide bonds. The van der Waals surface area contributed by atoms with Crippen LogP contribution in [0.25, 0.3) is 0 Å². The van der Waals surface area contributed by atoms with Crippen LogP contribution >= 0.6 is 11.6 Å². The van der Waals surface area contributed by atoms with Gasteiger partial charge in [0, 0.05) is 11.6 Å². The molecule has 0 aliphatic carbocycles. The van der Waals surface area contributed by atoms with Crippen molar-refractivity contribution in [1.82, 2.24) is 19.7 Å². The van der Waals surface area contributed by atoms with Gasteiger partial charge in [-0.25, -0.2) is 9.59 Å². The van der Waals surface area contributed by atoms with Gasteiger partial charge in [0.05, 0.1) is 30.9 Å². The Morgan fingerprint density at radius 2 is 1.91 bits per heavy atom. The van der Waals surface area contributed by atoms with Gasteiger partial charge >= 0.3 is 12.0 Å². The molecule has 4 rings (SSSR count). The number of esters is 1. The molecule has 1 aliphatic rings. The first-order chi connectivity index (χ1) is 15.9. The minimum absolute atomic E-state index is 0.218. The number of anilines is 1. The third-order valence-electron chi connectivity index (χ3n) is 5.94. The van der Waals surface area contributed by atoms with E-state index in [1.54, 1.807) is 17.0 Å². The van der Waals surface area contributed by atoms with Gasteiger partial charge in [-0.2, -0.15) is 0 Å². The predicted molar refractivity (Wildman–Crippen MR) is 126 cm³/mol. The van der Waals surface area contributed by atoms with Crippen LogP contribution < -0.4 is 5.32 Å². The molecule has 1 atom stereocenters. The van der Waals surface area contributed by atoms with Crippen LogP contribution in [0.5, 0.6) is 0 Å². The number of likely N-dealkylation sites (tertiary alicyclic amines) is 1. The van der Waals surface area contributed by atoms with E-state index in [4.69, 9.17) is 16.3 Å². The van der Waals surface area contributed by atoms with E-state index >= 15 is 0 Å². The average molecular weight is 468 g/mol. The SMILES string of the molecule is COC(=O)c1cccc(C)c1NC(=O)N1CCC[C@@H]1c1nnc(C)n1Cc1ccc(Cl)cc1. The van der Waals surface area contributed by atoms with Gasteiger partial charge in [0.2, 0.25) is 0 Å². The zero-order chi connectivity index (χ0) is 23.5. The summed E-state index contributed by atoms with van der Waals surface area (Å²) < 4.78 is 6.91. The second-order valence-electron chi connectivity index (χ2n) is 8.09. The molecule has 2 heterocycles.